The van der Waals surface area contributed by atoms with Gasteiger partial charge in [-0.05, 0) is 49.7 Å². The lowest BCUT2D eigenvalue weighted by Crippen LogP contribution is -2.51. The molecule has 0 saturated carbocycles. The molecule has 2 aromatic rings. The van der Waals surface area contributed by atoms with Crippen molar-refractivity contribution in [1.29, 1.82) is 0 Å². The van der Waals surface area contributed by atoms with Crippen molar-refractivity contribution in [1.82, 2.24) is 9.88 Å². The molecule has 0 radical (unpaired) electrons. The number of aromatic nitrogens is 1. The molecular formula is C21H30FIN6. The topological polar surface area (TPSA) is 61.0 Å². The van der Waals surface area contributed by atoms with Gasteiger partial charge in [-0.25, -0.2) is 14.4 Å². The Hall–Kier alpha value is -2.10. The molecule has 0 bridgehead atoms. The summed E-state index contributed by atoms with van der Waals surface area (Å²) in [5.41, 5.74) is 8.28. The van der Waals surface area contributed by atoms with Crippen molar-refractivity contribution in [2.75, 3.05) is 49.1 Å². The van der Waals surface area contributed by atoms with Crippen molar-refractivity contribution in [3.63, 3.8) is 0 Å². The molecule has 1 aromatic heterocycles. The summed E-state index contributed by atoms with van der Waals surface area (Å²) in [5.74, 6) is 1.34. The summed E-state index contributed by atoms with van der Waals surface area (Å²) in [5, 5.41) is 0. The smallest absolute Gasteiger partial charge is 0.191 e. The lowest BCUT2D eigenvalue weighted by atomic mass is 10.2. The Morgan fingerprint density at radius 1 is 1.07 bits per heavy atom. The Labute approximate surface area is 189 Å². The Bertz CT molecular complexity index is 769. The van der Waals surface area contributed by atoms with Gasteiger partial charge in [0.2, 0.25) is 0 Å². The van der Waals surface area contributed by atoms with Crippen LogP contribution in [0.1, 0.15) is 19.4 Å². The standard InChI is InChI=1S/C21H29FN6.HI/c1-3-26(4-2)20-10-5-17(15-24-20)16-25-21(23)28-13-11-27(12-14-28)19-8-6-18(22)7-9-19;/h5-10,15H,3-4,11-14,16H2,1-2H3,(H2,23,25);1H. The van der Waals surface area contributed by atoms with Crippen LogP contribution in [0.15, 0.2) is 47.6 Å². The van der Waals surface area contributed by atoms with Gasteiger partial charge >= 0.3 is 0 Å². The van der Waals surface area contributed by atoms with Crippen molar-refractivity contribution in [2.45, 2.75) is 20.4 Å². The van der Waals surface area contributed by atoms with E-state index in [9.17, 15) is 4.39 Å². The number of hydrogen-bond donors (Lipinski definition) is 1. The van der Waals surface area contributed by atoms with Gasteiger partial charge in [-0.3, -0.25) is 0 Å². The maximum absolute atomic E-state index is 13.1. The maximum Gasteiger partial charge on any atom is 0.191 e. The summed E-state index contributed by atoms with van der Waals surface area (Å²) in [4.78, 5) is 15.6. The first-order chi connectivity index (χ1) is 13.6. The van der Waals surface area contributed by atoms with Crippen LogP contribution in [-0.2, 0) is 6.54 Å². The fourth-order valence-electron chi connectivity index (χ4n) is 3.36. The highest BCUT2D eigenvalue weighted by Crippen LogP contribution is 2.17. The summed E-state index contributed by atoms with van der Waals surface area (Å²) in [6.45, 7) is 9.92. The number of halogens is 2. The minimum atomic E-state index is -0.210. The number of hydrogen-bond acceptors (Lipinski definition) is 4. The van der Waals surface area contributed by atoms with Crippen LogP contribution < -0.4 is 15.5 Å². The van der Waals surface area contributed by atoms with Crippen molar-refractivity contribution in [2.24, 2.45) is 10.7 Å². The zero-order valence-corrected chi connectivity index (χ0v) is 19.4. The van der Waals surface area contributed by atoms with Gasteiger partial charge in [0, 0.05) is 51.2 Å². The SMILES string of the molecule is CCN(CC)c1ccc(CN=C(N)N2CCN(c3ccc(F)cc3)CC2)cn1.I. The summed E-state index contributed by atoms with van der Waals surface area (Å²) in [6.07, 6.45) is 1.87. The predicted molar refractivity (Wildman–Crippen MR) is 129 cm³/mol. The third kappa shape index (κ3) is 6.19. The first-order valence-electron chi connectivity index (χ1n) is 9.86. The Kier molecular flexibility index (Phi) is 8.94. The first-order valence-corrected chi connectivity index (χ1v) is 9.86. The predicted octanol–water partition coefficient (Wildman–Crippen LogP) is 3.32. The highest BCUT2D eigenvalue weighted by Gasteiger charge is 2.18. The molecule has 29 heavy (non-hydrogen) atoms. The molecule has 2 heterocycles. The monoisotopic (exact) mass is 512 g/mol. The number of aliphatic imine (C=N–C) groups is 1. The van der Waals surface area contributed by atoms with Gasteiger partial charge in [0.1, 0.15) is 11.6 Å². The highest BCUT2D eigenvalue weighted by molar-refractivity contribution is 14.0. The number of guanidine groups is 1. The number of anilines is 2. The molecular weight excluding hydrogens is 482 g/mol. The van der Waals surface area contributed by atoms with Crippen LogP contribution in [0.5, 0.6) is 0 Å². The van der Waals surface area contributed by atoms with E-state index in [0.717, 1.165) is 56.3 Å². The van der Waals surface area contributed by atoms with Crippen LogP contribution in [0, 0.1) is 5.82 Å². The van der Waals surface area contributed by atoms with Crippen molar-refractivity contribution < 1.29 is 4.39 Å². The quantitative estimate of drug-likeness (QED) is 0.366. The van der Waals surface area contributed by atoms with E-state index < -0.39 is 0 Å². The first kappa shape index (κ1) is 23.2. The van der Waals surface area contributed by atoms with E-state index in [1.165, 1.54) is 12.1 Å². The second kappa shape index (κ2) is 11.2. The van der Waals surface area contributed by atoms with Crippen molar-refractivity contribution in [3.8, 4) is 0 Å². The summed E-state index contributed by atoms with van der Waals surface area (Å²) in [6, 6.07) is 10.7. The molecule has 6 nitrogen and oxygen atoms in total. The molecule has 158 valence electrons. The van der Waals surface area contributed by atoms with E-state index in [4.69, 9.17) is 5.73 Å². The summed E-state index contributed by atoms with van der Waals surface area (Å²) in [7, 11) is 0. The lowest BCUT2D eigenvalue weighted by Gasteiger charge is -2.36. The minimum absolute atomic E-state index is 0. The molecule has 3 rings (SSSR count). The van der Waals surface area contributed by atoms with E-state index >= 15 is 0 Å². The summed E-state index contributed by atoms with van der Waals surface area (Å²) < 4.78 is 13.1. The van der Waals surface area contributed by atoms with Gasteiger partial charge in [-0.1, -0.05) is 6.07 Å². The minimum Gasteiger partial charge on any atom is -0.370 e. The van der Waals surface area contributed by atoms with Gasteiger partial charge in [-0.15, -0.1) is 24.0 Å². The highest BCUT2D eigenvalue weighted by atomic mass is 127. The molecule has 8 heteroatoms. The van der Waals surface area contributed by atoms with Crippen LogP contribution in [-0.4, -0.2) is 55.1 Å². The summed E-state index contributed by atoms with van der Waals surface area (Å²) >= 11 is 0. The molecule has 0 atom stereocenters. The van der Waals surface area contributed by atoms with Gasteiger partial charge in [0.25, 0.3) is 0 Å². The largest absolute Gasteiger partial charge is 0.370 e. The number of nitrogens with two attached hydrogens (primary N) is 1. The fraction of sp³-hybridized carbons (Fsp3) is 0.429. The molecule has 1 aliphatic rings. The number of pyridine rings is 1. The van der Waals surface area contributed by atoms with E-state index in [-0.39, 0.29) is 29.8 Å². The Morgan fingerprint density at radius 2 is 1.72 bits per heavy atom. The van der Waals surface area contributed by atoms with Crippen LogP contribution >= 0.6 is 24.0 Å². The molecule has 0 unspecified atom stereocenters. The average molecular weight is 512 g/mol. The van der Waals surface area contributed by atoms with E-state index in [1.54, 1.807) is 0 Å². The maximum atomic E-state index is 13.1. The van der Waals surface area contributed by atoms with Gasteiger partial charge in [-0.2, -0.15) is 0 Å². The molecule has 1 aromatic carbocycles. The van der Waals surface area contributed by atoms with E-state index in [2.05, 4.69) is 44.6 Å². The lowest BCUT2D eigenvalue weighted by molar-refractivity contribution is 0.380. The van der Waals surface area contributed by atoms with Crippen molar-refractivity contribution >= 4 is 41.4 Å². The molecule has 0 amide bonds. The van der Waals surface area contributed by atoms with Gasteiger partial charge in [0.15, 0.2) is 5.96 Å². The second-order valence-corrected chi connectivity index (χ2v) is 6.82. The number of piperazine rings is 1. The molecule has 1 aliphatic heterocycles. The second-order valence-electron chi connectivity index (χ2n) is 6.82. The number of rotatable bonds is 6. The van der Waals surface area contributed by atoms with Crippen molar-refractivity contribution in [3.05, 3.63) is 54.0 Å². The molecule has 1 fully saturated rings. The molecule has 1 saturated heterocycles. The number of nitrogens with zero attached hydrogens (tertiary/aromatic N) is 5. The van der Waals surface area contributed by atoms with E-state index in [0.29, 0.717) is 12.5 Å². The van der Waals surface area contributed by atoms with Gasteiger partial charge < -0.3 is 20.4 Å². The normalized spacial score (nSPS) is 14.5. The van der Waals surface area contributed by atoms with Crippen LogP contribution in [0.3, 0.4) is 0 Å². The van der Waals surface area contributed by atoms with Crippen LogP contribution in [0.25, 0.3) is 0 Å². The molecule has 2 N–H and O–H groups in total. The zero-order valence-electron chi connectivity index (χ0n) is 17.1. The van der Waals surface area contributed by atoms with Crippen LogP contribution in [0.2, 0.25) is 0 Å². The number of benzene rings is 1. The molecule has 0 spiro atoms. The zero-order chi connectivity index (χ0) is 19.9. The van der Waals surface area contributed by atoms with E-state index in [1.807, 2.05) is 24.4 Å². The van der Waals surface area contributed by atoms with Gasteiger partial charge in [0.05, 0.1) is 6.54 Å². The Balaban J connectivity index is 0.00000300. The third-order valence-electron chi connectivity index (χ3n) is 5.12. The average Bonchev–Trinajstić information content (AvgIpc) is 2.74. The fourth-order valence-corrected chi connectivity index (χ4v) is 3.36. The Morgan fingerprint density at radius 3 is 2.28 bits per heavy atom. The third-order valence-corrected chi connectivity index (χ3v) is 5.12. The van der Waals surface area contributed by atoms with Crippen LogP contribution in [0.4, 0.5) is 15.9 Å². The molecule has 0 aliphatic carbocycles.